The summed E-state index contributed by atoms with van der Waals surface area (Å²) in [7, 11) is 0. The topological polar surface area (TPSA) is 80.0 Å². The number of rotatable bonds is 1. The number of alkyl halides is 3. The van der Waals surface area contributed by atoms with Crippen molar-refractivity contribution < 1.29 is 13.2 Å². The van der Waals surface area contributed by atoms with E-state index in [9.17, 15) is 13.2 Å². The number of aliphatic imine (C=N–C) groups is 2. The van der Waals surface area contributed by atoms with Gasteiger partial charge < -0.3 is 16.4 Å². The highest BCUT2D eigenvalue weighted by atomic mass is 35.5. The first-order valence-corrected chi connectivity index (χ1v) is 6.52. The van der Waals surface area contributed by atoms with Gasteiger partial charge in [-0.25, -0.2) is 4.99 Å². The summed E-state index contributed by atoms with van der Waals surface area (Å²) in [6, 6.07) is 4.33. The molecule has 0 atom stereocenters. The Morgan fingerprint density at radius 2 is 1.78 bits per heavy atom. The highest BCUT2D eigenvalue weighted by Gasteiger charge is 2.29. The molecule has 0 aliphatic carbocycles. The molecule has 0 saturated carbocycles. The highest BCUT2D eigenvalue weighted by Crippen LogP contribution is 2.30. The van der Waals surface area contributed by atoms with Crippen molar-refractivity contribution in [3.05, 3.63) is 41.5 Å². The predicted octanol–water partition coefficient (Wildman–Crippen LogP) is 2.65. The summed E-state index contributed by atoms with van der Waals surface area (Å²) in [6.07, 6.45) is -2.36. The number of nitrogens with zero attached hydrogens (tertiary/aromatic N) is 3. The van der Waals surface area contributed by atoms with Crippen molar-refractivity contribution in [3.8, 4) is 0 Å². The van der Waals surface area contributed by atoms with Gasteiger partial charge in [0.05, 0.1) is 11.3 Å². The van der Waals surface area contributed by atoms with Gasteiger partial charge >= 0.3 is 6.18 Å². The number of halogens is 4. The first-order valence-electron chi connectivity index (χ1n) is 6.52. The maximum absolute atomic E-state index is 12.4. The molecule has 1 aromatic rings. The molecule has 0 radical (unpaired) electrons. The second-order valence-electron chi connectivity index (χ2n) is 4.92. The minimum atomic E-state index is -4.38. The maximum atomic E-state index is 12.4. The van der Waals surface area contributed by atoms with Crippen molar-refractivity contribution in [2.75, 3.05) is 13.1 Å². The molecule has 1 heterocycles. The van der Waals surface area contributed by atoms with E-state index in [1.807, 2.05) is 17.9 Å². The minimum Gasteiger partial charge on any atom is -0.369 e. The van der Waals surface area contributed by atoms with Gasteiger partial charge in [-0.15, -0.1) is 12.4 Å². The van der Waals surface area contributed by atoms with Crippen molar-refractivity contribution in [1.82, 2.24) is 4.90 Å². The molecule has 0 amide bonds. The van der Waals surface area contributed by atoms with E-state index < -0.39 is 11.7 Å². The van der Waals surface area contributed by atoms with E-state index in [0.717, 1.165) is 12.1 Å². The van der Waals surface area contributed by atoms with E-state index in [4.69, 9.17) is 11.5 Å². The standard InChI is InChI=1S/C14H16F3N5.ClH/c1-9-6-7-22(8-9)13(19)21-12(18)20-11-4-2-10(3-5-11)14(15,16)17;/h2-6H,7-8H2,1H3,(H4,18,19,20,21);1H. The van der Waals surface area contributed by atoms with Crippen LogP contribution in [0, 0.1) is 0 Å². The Labute approximate surface area is 138 Å². The lowest BCUT2D eigenvalue weighted by atomic mass is 10.2. The van der Waals surface area contributed by atoms with Gasteiger partial charge in [-0.3, -0.25) is 0 Å². The average molecular weight is 348 g/mol. The number of benzene rings is 1. The second-order valence-corrected chi connectivity index (χ2v) is 4.92. The Bertz CT molecular complexity index is 635. The van der Waals surface area contributed by atoms with Crippen molar-refractivity contribution in [2.24, 2.45) is 21.5 Å². The molecule has 0 aromatic heterocycles. The average Bonchev–Trinajstić information content (AvgIpc) is 2.85. The van der Waals surface area contributed by atoms with Gasteiger partial charge in [-0.1, -0.05) is 11.6 Å². The first-order chi connectivity index (χ1) is 10.3. The summed E-state index contributed by atoms with van der Waals surface area (Å²) in [5, 5.41) is 0. The zero-order valence-electron chi connectivity index (χ0n) is 12.3. The van der Waals surface area contributed by atoms with Crippen LogP contribution in [-0.4, -0.2) is 29.9 Å². The molecule has 0 unspecified atom stereocenters. The van der Waals surface area contributed by atoms with E-state index in [1.54, 1.807) is 0 Å². The monoisotopic (exact) mass is 347 g/mol. The van der Waals surface area contributed by atoms with Crippen LogP contribution in [0.1, 0.15) is 12.5 Å². The van der Waals surface area contributed by atoms with Crippen LogP contribution in [0.5, 0.6) is 0 Å². The molecular weight excluding hydrogens is 331 g/mol. The largest absolute Gasteiger partial charge is 0.416 e. The van der Waals surface area contributed by atoms with E-state index >= 15 is 0 Å². The summed E-state index contributed by atoms with van der Waals surface area (Å²) < 4.78 is 37.3. The van der Waals surface area contributed by atoms with Gasteiger partial charge in [0.1, 0.15) is 0 Å². The number of guanidine groups is 2. The van der Waals surface area contributed by atoms with Crippen LogP contribution in [0.15, 0.2) is 45.9 Å². The SMILES string of the molecule is CC1=CCN(C(N)=NC(N)=Nc2ccc(C(F)(F)F)cc2)C1.Cl. The van der Waals surface area contributed by atoms with Gasteiger partial charge in [0, 0.05) is 13.1 Å². The molecule has 1 aliphatic rings. The maximum Gasteiger partial charge on any atom is 0.416 e. The van der Waals surface area contributed by atoms with E-state index in [2.05, 4.69) is 9.98 Å². The fourth-order valence-electron chi connectivity index (χ4n) is 1.94. The third-order valence-corrected chi connectivity index (χ3v) is 3.09. The summed E-state index contributed by atoms with van der Waals surface area (Å²) in [6.45, 7) is 3.30. The molecule has 1 aliphatic heterocycles. The number of hydrogen-bond donors (Lipinski definition) is 2. The molecule has 4 N–H and O–H groups in total. The van der Waals surface area contributed by atoms with Gasteiger partial charge in [0.25, 0.3) is 0 Å². The molecule has 126 valence electrons. The molecule has 0 fully saturated rings. The lowest BCUT2D eigenvalue weighted by molar-refractivity contribution is -0.137. The third-order valence-electron chi connectivity index (χ3n) is 3.09. The summed E-state index contributed by atoms with van der Waals surface area (Å²) >= 11 is 0. The minimum absolute atomic E-state index is 0. The van der Waals surface area contributed by atoms with Gasteiger partial charge in [0.15, 0.2) is 5.96 Å². The van der Waals surface area contributed by atoms with Crippen LogP contribution >= 0.6 is 12.4 Å². The van der Waals surface area contributed by atoms with Crippen LogP contribution < -0.4 is 11.5 Å². The molecule has 9 heteroatoms. The van der Waals surface area contributed by atoms with Crippen molar-refractivity contribution in [2.45, 2.75) is 13.1 Å². The second kappa shape index (κ2) is 7.36. The quantitative estimate of drug-likeness (QED) is 0.465. The lowest BCUT2D eigenvalue weighted by Gasteiger charge is -2.16. The van der Waals surface area contributed by atoms with Crippen molar-refractivity contribution in [3.63, 3.8) is 0 Å². The van der Waals surface area contributed by atoms with Gasteiger partial charge in [0.2, 0.25) is 5.96 Å². The molecule has 2 rings (SSSR count). The van der Waals surface area contributed by atoms with E-state index in [1.165, 1.54) is 17.7 Å². The molecule has 0 saturated heterocycles. The van der Waals surface area contributed by atoms with Crippen LogP contribution in [0.3, 0.4) is 0 Å². The zero-order valence-corrected chi connectivity index (χ0v) is 13.2. The summed E-state index contributed by atoms with van der Waals surface area (Å²) in [5.74, 6) is 0.114. The van der Waals surface area contributed by atoms with E-state index in [-0.39, 0.29) is 30.0 Å². The Morgan fingerprint density at radius 1 is 1.17 bits per heavy atom. The number of hydrogen-bond acceptors (Lipinski definition) is 1. The summed E-state index contributed by atoms with van der Waals surface area (Å²) in [4.78, 5) is 9.69. The smallest absolute Gasteiger partial charge is 0.369 e. The fraction of sp³-hybridized carbons (Fsp3) is 0.286. The zero-order chi connectivity index (χ0) is 16.3. The lowest BCUT2D eigenvalue weighted by Crippen LogP contribution is -2.37. The molecular formula is C14H17ClF3N5. The number of nitrogens with two attached hydrogens (primary N) is 2. The molecule has 23 heavy (non-hydrogen) atoms. The first kappa shape index (κ1) is 18.8. The Balaban J connectivity index is 0.00000264. The molecule has 5 nitrogen and oxygen atoms in total. The Hall–Kier alpha value is -2.22. The van der Waals surface area contributed by atoms with Crippen LogP contribution in [0.2, 0.25) is 0 Å². The fourth-order valence-corrected chi connectivity index (χ4v) is 1.94. The molecule has 1 aromatic carbocycles. The normalized spacial score (nSPS) is 16.2. The highest BCUT2D eigenvalue weighted by molar-refractivity contribution is 5.94. The molecule has 0 spiro atoms. The van der Waals surface area contributed by atoms with Gasteiger partial charge in [-0.2, -0.15) is 18.2 Å². The Morgan fingerprint density at radius 3 is 2.26 bits per heavy atom. The van der Waals surface area contributed by atoms with Crippen LogP contribution in [0.4, 0.5) is 18.9 Å². The van der Waals surface area contributed by atoms with E-state index in [0.29, 0.717) is 13.1 Å². The summed E-state index contributed by atoms with van der Waals surface area (Å²) in [5.41, 5.74) is 12.2. The van der Waals surface area contributed by atoms with Gasteiger partial charge in [-0.05, 0) is 31.2 Å². The Kier molecular flexibility index (Phi) is 6.03. The van der Waals surface area contributed by atoms with Crippen LogP contribution in [-0.2, 0) is 6.18 Å². The van der Waals surface area contributed by atoms with Crippen LogP contribution in [0.25, 0.3) is 0 Å². The van der Waals surface area contributed by atoms with Crippen molar-refractivity contribution >= 4 is 30.0 Å². The predicted molar refractivity (Wildman–Crippen MR) is 86.9 cm³/mol. The third kappa shape index (κ3) is 5.17. The molecule has 0 bridgehead atoms. The van der Waals surface area contributed by atoms with Crippen molar-refractivity contribution in [1.29, 1.82) is 0 Å².